The monoisotopic (exact) mass is 181 g/mol. The van der Waals surface area contributed by atoms with Crippen molar-refractivity contribution in [3.8, 4) is 0 Å². The van der Waals surface area contributed by atoms with E-state index in [9.17, 15) is 4.79 Å². The number of hydrogen-bond donors (Lipinski definition) is 0. The van der Waals surface area contributed by atoms with E-state index < -0.39 is 0 Å². The van der Waals surface area contributed by atoms with Gasteiger partial charge < -0.3 is 4.74 Å². The maximum absolute atomic E-state index is 11.4. The summed E-state index contributed by atoms with van der Waals surface area (Å²) in [5.41, 5.74) is 1.04. The van der Waals surface area contributed by atoms with Crippen molar-refractivity contribution >= 4 is 5.97 Å². The fourth-order valence-electron chi connectivity index (χ4n) is 2.35. The fraction of sp³-hybridized carbons (Fsp3) is 0.700. The molecule has 2 heterocycles. The molecule has 0 aromatic heterocycles. The van der Waals surface area contributed by atoms with Crippen LogP contribution in [-0.2, 0) is 9.53 Å². The minimum atomic E-state index is -0.192. The number of hydrogen-bond acceptors (Lipinski definition) is 3. The van der Waals surface area contributed by atoms with Crippen LogP contribution in [0.1, 0.15) is 12.8 Å². The Kier molecular flexibility index (Phi) is 1.91. The molecule has 1 atom stereocenters. The zero-order chi connectivity index (χ0) is 9.59. The number of ether oxygens (including phenoxy) is 1. The molecule has 0 aromatic rings. The molecule has 72 valence electrons. The normalized spacial score (nSPS) is 38.3. The lowest BCUT2D eigenvalue weighted by Gasteiger charge is -2.52. The first kappa shape index (κ1) is 8.75. The summed E-state index contributed by atoms with van der Waals surface area (Å²) in [6, 6.07) is 0.377. The molecule has 3 fully saturated rings. The van der Waals surface area contributed by atoms with E-state index in [1.807, 2.05) is 7.05 Å². The van der Waals surface area contributed by atoms with Crippen molar-refractivity contribution in [1.29, 1.82) is 0 Å². The van der Waals surface area contributed by atoms with E-state index in [4.69, 9.17) is 4.74 Å². The molecule has 0 radical (unpaired) electrons. The maximum Gasteiger partial charge on any atom is 0.327 e. The first-order chi connectivity index (χ1) is 6.15. The smallest absolute Gasteiger partial charge is 0.327 e. The Bertz CT molecular complexity index is 256. The second-order valence-corrected chi connectivity index (χ2v) is 3.99. The zero-order valence-electron chi connectivity index (χ0n) is 8.12. The molecule has 3 nitrogen and oxygen atoms in total. The fourth-order valence-corrected chi connectivity index (χ4v) is 2.35. The highest BCUT2D eigenvalue weighted by Crippen LogP contribution is 2.44. The van der Waals surface area contributed by atoms with Crippen LogP contribution in [0.5, 0.6) is 0 Å². The molecule has 13 heavy (non-hydrogen) atoms. The molecule has 0 amide bonds. The average Bonchev–Trinajstić information content (AvgIpc) is 2.00. The van der Waals surface area contributed by atoms with Gasteiger partial charge in [-0.15, -0.1) is 0 Å². The van der Waals surface area contributed by atoms with Gasteiger partial charge in [0.05, 0.1) is 7.11 Å². The number of piperidine rings is 2. The summed E-state index contributed by atoms with van der Waals surface area (Å²) >= 11 is 0. The summed E-state index contributed by atoms with van der Waals surface area (Å²) in [5.74, 6) is 0.396. The minimum Gasteiger partial charge on any atom is -0.468 e. The lowest BCUT2D eigenvalue weighted by Crippen LogP contribution is -2.59. The number of esters is 1. The predicted molar refractivity (Wildman–Crippen MR) is 49.2 cm³/mol. The Morgan fingerprint density at radius 3 is 2.69 bits per heavy atom. The molecular weight excluding hydrogens is 166 g/mol. The van der Waals surface area contributed by atoms with Gasteiger partial charge >= 0.3 is 5.97 Å². The molecule has 2 bridgehead atoms. The van der Waals surface area contributed by atoms with Crippen LogP contribution in [0.4, 0.5) is 0 Å². The highest BCUT2D eigenvalue weighted by Gasteiger charge is 2.47. The lowest BCUT2D eigenvalue weighted by atomic mass is 9.68. The molecule has 1 unspecified atom stereocenters. The number of nitrogens with zero attached hydrogens (tertiary/aromatic N) is 1. The molecule has 0 spiro atoms. The number of carbonyl (C=O) groups is 1. The molecule has 2 aliphatic heterocycles. The van der Waals surface area contributed by atoms with Crippen LogP contribution in [0.3, 0.4) is 0 Å². The maximum atomic E-state index is 11.4. The van der Waals surface area contributed by atoms with Crippen molar-refractivity contribution < 1.29 is 9.53 Å². The molecule has 3 aliphatic rings. The van der Waals surface area contributed by atoms with Crippen molar-refractivity contribution in [2.24, 2.45) is 5.92 Å². The second-order valence-electron chi connectivity index (χ2n) is 3.99. The Balaban J connectivity index is 2.17. The summed E-state index contributed by atoms with van der Waals surface area (Å²) in [7, 11) is 3.41. The van der Waals surface area contributed by atoms with E-state index in [2.05, 4.69) is 11.5 Å². The Morgan fingerprint density at radius 2 is 2.23 bits per heavy atom. The van der Waals surface area contributed by atoms with Crippen molar-refractivity contribution in [3.63, 3.8) is 0 Å². The SMILES string of the molecule is C=C1C2CC(C2)N(C)C1C(=O)OC. The van der Waals surface area contributed by atoms with Crippen LogP contribution in [0.15, 0.2) is 12.2 Å². The second kappa shape index (κ2) is 2.84. The van der Waals surface area contributed by atoms with Gasteiger partial charge in [0.1, 0.15) is 6.04 Å². The number of rotatable bonds is 1. The summed E-state index contributed by atoms with van der Waals surface area (Å²) in [5, 5.41) is 0. The lowest BCUT2D eigenvalue weighted by molar-refractivity contribution is -0.149. The molecular formula is C10H15NO2. The van der Waals surface area contributed by atoms with Crippen LogP contribution < -0.4 is 0 Å². The quantitative estimate of drug-likeness (QED) is 0.443. The van der Waals surface area contributed by atoms with Gasteiger partial charge in [-0.1, -0.05) is 6.58 Å². The first-order valence-corrected chi connectivity index (χ1v) is 4.63. The van der Waals surface area contributed by atoms with Gasteiger partial charge in [-0.2, -0.15) is 0 Å². The van der Waals surface area contributed by atoms with Crippen molar-refractivity contribution in [1.82, 2.24) is 4.90 Å². The van der Waals surface area contributed by atoms with Crippen LogP contribution in [0.25, 0.3) is 0 Å². The average molecular weight is 181 g/mol. The third-order valence-corrected chi connectivity index (χ3v) is 3.40. The number of fused-ring (bicyclic) bond motifs is 2. The number of methoxy groups -OCH3 is 1. The van der Waals surface area contributed by atoms with Crippen molar-refractivity contribution in [2.45, 2.75) is 24.9 Å². The van der Waals surface area contributed by atoms with Crippen LogP contribution in [0.2, 0.25) is 0 Å². The topological polar surface area (TPSA) is 29.5 Å². The Labute approximate surface area is 78.4 Å². The van der Waals surface area contributed by atoms with Gasteiger partial charge in [0.2, 0.25) is 0 Å². The largest absolute Gasteiger partial charge is 0.468 e. The van der Waals surface area contributed by atoms with Crippen LogP contribution in [-0.4, -0.2) is 37.1 Å². The molecule has 1 aliphatic carbocycles. The standard InChI is InChI=1S/C10H15NO2/c1-6-7-4-8(5-7)11(2)9(6)10(12)13-3/h7-9H,1,4-5H2,2-3H3. The highest BCUT2D eigenvalue weighted by atomic mass is 16.5. The van der Waals surface area contributed by atoms with Crippen molar-refractivity contribution in [3.05, 3.63) is 12.2 Å². The predicted octanol–water partition coefficient (Wildman–Crippen LogP) is 0.808. The number of likely N-dealkylation sites (N-methyl/N-ethyl adjacent to an activating group) is 1. The van der Waals surface area contributed by atoms with Crippen LogP contribution >= 0.6 is 0 Å². The van der Waals surface area contributed by atoms with E-state index in [1.165, 1.54) is 20.0 Å². The summed E-state index contributed by atoms with van der Waals surface area (Å²) in [4.78, 5) is 13.5. The summed E-state index contributed by atoms with van der Waals surface area (Å²) < 4.78 is 4.76. The van der Waals surface area contributed by atoms with Crippen LogP contribution in [0, 0.1) is 5.92 Å². The summed E-state index contributed by atoms with van der Waals surface area (Å²) in [6.45, 7) is 3.99. The van der Waals surface area contributed by atoms with Gasteiger partial charge in [0, 0.05) is 6.04 Å². The van der Waals surface area contributed by atoms with Gasteiger partial charge in [0.25, 0.3) is 0 Å². The zero-order valence-corrected chi connectivity index (χ0v) is 8.12. The van der Waals surface area contributed by atoms with E-state index in [0.717, 1.165) is 5.57 Å². The summed E-state index contributed by atoms with van der Waals surface area (Å²) in [6.07, 6.45) is 2.34. The van der Waals surface area contributed by atoms with Gasteiger partial charge in [-0.3, -0.25) is 9.69 Å². The van der Waals surface area contributed by atoms with Gasteiger partial charge in [-0.25, -0.2) is 0 Å². The third-order valence-electron chi connectivity index (χ3n) is 3.40. The molecule has 0 N–H and O–H groups in total. The first-order valence-electron chi connectivity index (χ1n) is 4.63. The minimum absolute atomic E-state index is 0.165. The number of carbonyl (C=O) groups excluding carboxylic acids is 1. The Hall–Kier alpha value is -0.830. The van der Waals surface area contributed by atoms with E-state index in [-0.39, 0.29) is 12.0 Å². The van der Waals surface area contributed by atoms with Crippen molar-refractivity contribution in [2.75, 3.05) is 14.2 Å². The van der Waals surface area contributed by atoms with Gasteiger partial charge in [0.15, 0.2) is 0 Å². The third kappa shape index (κ3) is 1.10. The Morgan fingerprint density at radius 1 is 1.62 bits per heavy atom. The molecule has 3 rings (SSSR count). The van der Waals surface area contributed by atoms with E-state index in [0.29, 0.717) is 12.0 Å². The molecule has 0 aromatic carbocycles. The molecule has 1 saturated carbocycles. The molecule has 3 heteroatoms. The molecule has 2 saturated heterocycles. The van der Waals surface area contributed by atoms with E-state index in [1.54, 1.807) is 0 Å². The van der Waals surface area contributed by atoms with Gasteiger partial charge in [-0.05, 0) is 31.4 Å². The highest BCUT2D eigenvalue weighted by molar-refractivity contribution is 5.80. The van der Waals surface area contributed by atoms with E-state index >= 15 is 0 Å².